The van der Waals surface area contributed by atoms with Crippen LogP contribution < -0.4 is 31.7 Å². The van der Waals surface area contributed by atoms with Crippen molar-refractivity contribution in [2.24, 2.45) is 5.41 Å². The number of β-amino-alcohol motifs (C(OH)–C–C–N with tert-alkyl or cyclic N) is 1. The van der Waals surface area contributed by atoms with E-state index in [-0.39, 0.29) is 55.2 Å². The zero-order valence-corrected chi connectivity index (χ0v) is 41.9. The first kappa shape index (κ1) is 52.9. The lowest BCUT2D eigenvalue weighted by Gasteiger charge is -2.35. The average molecular weight is 983 g/mol. The maximum Gasteiger partial charge on any atom is 0.246 e. The Labute approximate surface area is 411 Å². The molecule has 0 unspecified atom stereocenters. The number of unbranched alkanes of at least 4 members (excludes halogenated alkanes) is 1. The molecule has 21 heteroatoms. The van der Waals surface area contributed by atoms with Crippen molar-refractivity contribution in [2.75, 3.05) is 38.5 Å². The number of aliphatic hydroxyl groups is 2. The molecule has 376 valence electrons. The standard InChI is InChI=1S/C49H66N12O8S/c1-8-60-41-36(27-53-34(19-20-49(6,7)67)39(41)57-45(60)40-44(50)59-69-58-40)68-24-12-22-51-21-11-14-37(63)52-23-10-9-13-38(64)56-43(48(3,4)5)47(66)61-28-33(62)25-35(61)46(65)54-26-31-15-17-32(18-16-31)42-30(2)55-29-70-42/h15-18,27,29,33,35,43,51,62,67H,8-14,21-26,28H2,1-7H3,(H2,50,59)(H,52,63)(H,54,65)(H,56,64)/t33-,35+,43-/m1/s1. The Balaban J connectivity index is 0.873. The Bertz CT molecular complexity index is 2660. The number of nitrogens with two attached hydrogens (primary N) is 1. The molecule has 5 heterocycles. The first-order valence-electron chi connectivity index (χ1n) is 23.7. The molecule has 3 atom stereocenters. The molecule has 1 aliphatic rings. The van der Waals surface area contributed by atoms with E-state index in [1.165, 1.54) is 4.90 Å². The molecule has 0 bridgehead atoms. The lowest BCUT2D eigenvalue weighted by molar-refractivity contribution is -0.144. The highest BCUT2D eigenvalue weighted by molar-refractivity contribution is 7.13. The Hall–Kier alpha value is -6.47. The molecular formula is C49H66N12O8S. The summed E-state index contributed by atoms with van der Waals surface area (Å²) in [5.74, 6) is 5.54. The van der Waals surface area contributed by atoms with Gasteiger partial charge in [-0.05, 0) is 99.2 Å². The van der Waals surface area contributed by atoms with E-state index in [4.69, 9.17) is 20.1 Å². The van der Waals surface area contributed by atoms with Gasteiger partial charge in [-0.25, -0.2) is 19.6 Å². The third-order valence-corrected chi connectivity index (χ3v) is 12.6. The van der Waals surface area contributed by atoms with Crippen molar-refractivity contribution < 1.29 is 38.8 Å². The van der Waals surface area contributed by atoms with Gasteiger partial charge in [0.25, 0.3) is 0 Å². The van der Waals surface area contributed by atoms with Crippen molar-refractivity contribution in [3.8, 4) is 39.5 Å². The maximum absolute atomic E-state index is 14.0. The number of imidazole rings is 1. The van der Waals surface area contributed by atoms with Crippen LogP contribution in [0.25, 0.3) is 33.0 Å². The molecule has 1 fully saturated rings. The second-order valence-electron chi connectivity index (χ2n) is 19.0. The van der Waals surface area contributed by atoms with Gasteiger partial charge in [-0.3, -0.25) is 19.2 Å². The number of fused-ring (bicyclic) bond motifs is 1. The topological polar surface area (TPSA) is 278 Å². The molecular weight excluding hydrogens is 917 g/mol. The fraction of sp³-hybridized carbons (Fsp3) is 0.531. The highest BCUT2D eigenvalue weighted by atomic mass is 32.1. The molecule has 1 aliphatic heterocycles. The molecule has 0 spiro atoms. The summed E-state index contributed by atoms with van der Waals surface area (Å²) < 4.78 is 12.9. The number of aryl methyl sites for hydroxylation is 2. The fourth-order valence-electron chi connectivity index (χ4n) is 7.98. The number of aromatic nitrogens is 6. The Morgan fingerprint density at radius 2 is 1.73 bits per heavy atom. The van der Waals surface area contributed by atoms with Gasteiger partial charge in [0.15, 0.2) is 23.1 Å². The van der Waals surface area contributed by atoms with Crippen molar-refractivity contribution >= 4 is 51.8 Å². The van der Waals surface area contributed by atoms with Gasteiger partial charge in [-0.15, -0.1) is 11.3 Å². The summed E-state index contributed by atoms with van der Waals surface area (Å²) in [6.45, 7) is 15.4. The zero-order valence-electron chi connectivity index (χ0n) is 41.1. The van der Waals surface area contributed by atoms with Crippen LogP contribution in [0.2, 0.25) is 0 Å². The third-order valence-electron chi connectivity index (χ3n) is 11.6. The number of amides is 4. The summed E-state index contributed by atoms with van der Waals surface area (Å²) in [6.07, 6.45) is 3.68. The number of pyridine rings is 1. The Kier molecular flexibility index (Phi) is 18.1. The van der Waals surface area contributed by atoms with Gasteiger partial charge in [0.1, 0.15) is 34.4 Å². The molecule has 1 saturated heterocycles. The number of thiazole rings is 1. The van der Waals surface area contributed by atoms with Crippen molar-refractivity contribution in [2.45, 2.75) is 130 Å². The van der Waals surface area contributed by atoms with Gasteiger partial charge in [0.2, 0.25) is 23.6 Å². The molecule has 0 aliphatic carbocycles. The normalized spacial score (nSPS) is 15.4. The predicted molar refractivity (Wildman–Crippen MR) is 265 cm³/mol. The highest BCUT2D eigenvalue weighted by Crippen LogP contribution is 2.34. The van der Waals surface area contributed by atoms with E-state index >= 15 is 0 Å². The second kappa shape index (κ2) is 23.9. The number of benzene rings is 1. The Morgan fingerprint density at radius 1 is 0.986 bits per heavy atom. The average Bonchev–Trinajstić information content (AvgIpc) is 4.13. The van der Waals surface area contributed by atoms with E-state index in [1.807, 2.05) is 69.0 Å². The van der Waals surface area contributed by atoms with Crippen LogP contribution in [0, 0.1) is 24.2 Å². The first-order valence-corrected chi connectivity index (χ1v) is 24.6. The minimum absolute atomic E-state index is 0.00973. The summed E-state index contributed by atoms with van der Waals surface area (Å²) in [4.78, 5) is 69.2. The van der Waals surface area contributed by atoms with Gasteiger partial charge >= 0.3 is 0 Å². The molecule has 4 amide bonds. The number of nitrogens with zero attached hydrogens (tertiary/aromatic N) is 7. The molecule has 1 aromatic carbocycles. The van der Waals surface area contributed by atoms with Crippen LogP contribution in [0.3, 0.4) is 0 Å². The first-order chi connectivity index (χ1) is 33.3. The van der Waals surface area contributed by atoms with Gasteiger partial charge < -0.3 is 51.4 Å². The van der Waals surface area contributed by atoms with E-state index < -0.39 is 35.1 Å². The SMILES string of the molecule is CCn1c(-c2nonc2N)nc2c(C#CC(C)(C)O)ncc(OCCCNCCCC(=O)NCCCCC(=O)N[C@H](C(=O)N3C[C@H](O)C[C@H]3C(=O)NCc3ccc(-c4scnc4C)cc3)C(C)(C)C)c21. The fourth-order valence-corrected chi connectivity index (χ4v) is 8.79. The maximum atomic E-state index is 14.0. The van der Waals surface area contributed by atoms with E-state index in [0.717, 1.165) is 21.7 Å². The zero-order chi connectivity index (χ0) is 50.6. The number of anilines is 1. The lowest BCUT2D eigenvalue weighted by atomic mass is 9.85. The van der Waals surface area contributed by atoms with Gasteiger partial charge in [0, 0.05) is 45.4 Å². The Morgan fingerprint density at radius 3 is 2.40 bits per heavy atom. The number of carbonyl (C=O) groups excluding carboxylic acids is 4. The minimum atomic E-state index is -1.24. The van der Waals surface area contributed by atoms with Crippen LogP contribution in [0.5, 0.6) is 5.75 Å². The summed E-state index contributed by atoms with van der Waals surface area (Å²) in [5, 5.41) is 40.5. The number of ether oxygens (including phenoxy) is 1. The van der Waals surface area contributed by atoms with Crippen LogP contribution in [-0.2, 0) is 32.3 Å². The van der Waals surface area contributed by atoms with E-state index in [2.05, 4.69) is 53.4 Å². The van der Waals surface area contributed by atoms with Crippen molar-refractivity contribution in [3.05, 3.63) is 52.9 Å². The van der Waals surface area contributed by atoms with Gasteiger partial charge in [0.05, 0.1) is 35.0 Å². The number of aliphatic hydroxyl groups excluding tert-OH is 1. The van der Waals surface area contributed by atoms with E-state index in [9.17, 15) is 29.4 Å². The highest BCUT2D eigenvalue weighted by Gasteiger charge is 2.44. The number of nitrogens with one attached hydrogen (secondary N) is 4. The van der Waals surface area contributed by atoms with Gasteiger partial charge in [-0.2, -0.15) is 0 Å². The summed E-state index contributed by atoms with van der Waals surface area (Å²) >= 11 is 1.57. The monoisotopic (exact) mass is 982 g/mol. The minimum Gasteiger partial charge on any atom is -0.490 e. The van der Waals surface area contributed by atoms with Crippen molar-refractivity contribution in [1.82, 2.24) is 56.0 Å². The molecule has 6 rings (SSSR count). The van der Waals surface area contributed by atoms with Crippen LogP contribution in [0.4, 0.5) is 5.82 Å². The lowest BCUT2D eigenvalue weighted by Crippen LogP contribution is -2.57. The number of rotatable bonds is 22. The molecule has 20 nitrogen and oxygen atoms in total. The van der Waals surface area contributed by atoms with Crippen LogP contribution in [0.15, 0.2) is 40.6 Å². The molecule has 4 aromatic heterocycles. The summed E-state index contributed by atoms with van der Waals surface area (Å²) in [5.41, 5.74) is 10.5. The van der Waals surface area contributed by atoms with Crippen LogP contribution in [0.1, 0.15) is 103 Å². The third kappa shape index (κ3) is 14.1. The summed E-state index contributed by atoms with van der Waals surface area (Å²) in [6, 6.07) is 6.06. The van der Waals surface area contributed by atoms with E-state index in [1.54, 1.807) is 31.4 Å². The molecule has 0 saturated carbocycles. The molecule has 0 radical (unpaired) electrons. The smallest absolute Gasteiger partial charge is 0.246 e. The van der Waals surface area contributed by atoms with Crippen molar-refractivity contribution in [1.29, 1.82) is 0 Å². The number of carbonyl (C=O) groups is 4. The van der Waals surface area contributed by atoms with Crippen LogP contribution >= 0.6 is 11.3 Å². The summed E-state index contributed by atoms with van der Waals surface area (Å²) in [7, 11) is 0. The van der Waals surface area contributed by atoms with E-state index in [0.29, 0.717) is 93.2 Å². The van der Waals surface area contributed by atoms with Gasteiger partial charge in [-0.1, -0.05) is 51.0 Å². The number of nitrogen functional groups attached to an aromatic ring is 1. The van der Waals surface area contributed by atoms with Crippen molar-refractivity contribution in [3.63, 3.8) is 0 Å². The number of hydrogen-bond acceptors (Lipinski definition) is 16. The molecule has 70 heavy (non-hydrogen) atoms. The number of hydrogen-bond donors (Lipinski definition) is 7. The number of likely N-dealkylation sites (tertiary alicyclic amines) is 1. The largest absolute Gasteiger partial charge is 0.490 e. The predicted octanol–water partition coefficient (Wildman–Crippen LogP) is 3.87. The molecule has 5 aromatic rings. The van der Waals surface area contributed by atoms with Crippen LogP contribution in [-0.4, -0.2) is 125 Å². The molecule has 8 N–H and O–H groups in total. The quantitative estimate of drug-likeness (QED) is 0.0383. The second-order valence-corrected chi connectivity index (χ2v) is 19.8.